The number of carbonyl (C=O) groups is 2. The first-order valence-corrected chi connectivity index (χ1v) is 11.5. The third-order valence-corrected chi connectivity index (χ3v) is 6.55. The maximum Gasteiger partial charge on any atom is 0.240 e. The van der Waals surface area contributed by atoms with Gasteiger partial charge in [0.05, 0.1) is 34.3 Å². The molecule has 3 rings (SSSR count). The van der Waals surface area contributed by atoms with Crippen molar-refractivity contribution in [1.82, 2.24) is 15.2 Å². The number of carbonyl (C=O) groups excluding carboxylic acids is 2. The highest BCUT2D eigenvalue weighted by molar-refractivity contribution is 7.13. The van der Waals surface area contributed by atoms with Crippen molar-refractivity contribution in [1.29, 1.82) is 0 Å². The number of aryl methyl sites for hydroxylation is 1. The van der Waals surface area contributed by atoms with Crippen LogP contribution in [0.25, 0.3) is 10.4 Å². The zero-order valence-electron chi connectivity index (χ0n) is 18.9. The van der Waals surface area contributed by atoms with Gasteiger partial charge in [-0.3, -0.25) is 9.59 Å². The van der Waals surface area contributed by atoms with Gasteiger partial charge in [0.1, 0.15) is 0 Å². The van der Waals surface area contributed by atoms with Gasteiger partial charge in [0.2, 0.25) is 12.3 Å². The molecule has 0 bridgehead atoms. The van der Waals surface area contributed by atoms with Crippen molar-refractivity contribution in [2.24, 2.45) is 11.7 Å². The van der Waals surface area contributed by atoms with Crippen LogP contribution in [0.15, 0.2) is 29.8 Å². The molecule has 0 aliphatic carbocycles. The fraction of sp³-hybridized carbons (Fsp3) is 0.522. The highest BCUT2D eigenvalue weighted by atomic mass is 32.1. The van der Waals surface area contributed by atoms with Crippen molar-refractivity contribution >= 4 is 23.7 Å². The lowest BCUT2D eigenvalue weighted by Gasteiger charge is -2.26. The predicted molar refractivity (Wildman–Crippen MR) is 125 cm³/mol. The van der Waals surface area contributed by atoms with Crippen LogP contribution < -0.4 is 11.1 Å². The number of thiazole rings is 1. The molecule has 1 aliphatic heterocycles. The van der Waals surface area contributed by atoms with E-state index in [0.29, 0.717) is 13.0 Å². The predicted octanol–water partition coefficient (Wildman–Crippen LogP) is 2.88. The number of β-amino-alcohol motifs (C(OH)–C–C–N with tert-alkyl or cyclic N) is 1. The Morgan fingerprint density at radius 1 is 1.32 bits per heavy atom. The number of rotatable bonds is 6. The highest BCUT2D eigenvalue weighted by Crippen LogP contribution is 2.28. The van der Waals surface area contributed by atoms with E-state index >= 15 is 0 Å². The number of nitrogens with zero attached hydrogens (tertiary/aromatic N) is 2. The zero-order valence-corrected chi connectivity index (χ0v) is 19.7. The summed E-state index contributed by atoms with van der Waals surface area (Å²) in [6.07, 6.45) is 1.01. The number of hydrogen-bond donors (Lipinski definition) is 3. The van der Waals surface area contributed by atoms with E-state index in [2.05, 4.69) is 22.4 Å². The third-order valence-electron chi connectivity index (χ3n) is 5.58. The Morgan fingerprint density at radius 2 is 1.97 bits per heavy atom. The molecule has 31 heavy (non-hydrogen) atoms. The second kappa shape index (κ2) is 11.4. The van der Waals surface area contributed by atoms with E-state index in [4.69, 9.17) is 5.73 Å². The van der Waals surface area contributed by atoms with Crippen LogP contribution in [-0.2, 0) is 9.59 Å². The van der Waals surface area contributed by atoms with E-state index < -0.39 is 6.04 Å². The van der Waals surface area contributed by atoms with Gasteiger partial charge in [-0.25, -0.2) is 4.98 Å². The SMILES string of the molecule is CC(C)C(N)C(=O)N1CC(O)CC1C.Cc1ncsc1-c1ccc(C(C)NC=O)cc1. The number of benzene rings is 1. The minimum absolute atomic E-state index is 0.0379. The van der Waals surface area contributed by atoms with Gasteiger partial charge < -0.3 is 21.1 Å². The van der Waals surface area contributed by atoms with Gasteiger partial charge in [-0.05, 0) is 44.2 Å². The second-order valence-corrected chi connectivity index (χ2v) is 9.25. The number of likely N-dealkylation sites (tertiary alicyclic amines) is 1. The lowest BCUT2D eigenvalue weighted by molar-refractivity contribution is -0.134. The summed E-state index contributed by atoms with van der Waals surface area (Å²) in [5.74, 6) is 0.108. The van der Waals surface area contributed by atoms with E-state index in [1.54, 1.807) is 16.2 Å². The lowest BCUT2D eigenvalue weighted by Crippen LogP contribution is -2.48. The van der Waals surface area contributed by atoms with Crippen LogP contribution in [0.4, 0.5) is 0 Å². The summed E-state index contributed by atoms with van der Waals surface area (Å²) < 4.78 is 0. The van der Waals surface area contributed by atoms with E-state index in [1.165, 1.54) is 10.4 Å². The normalized spacial score (nSPS) is 20.1. The average molecular weight is 447 g/mol. The maximum atomic E-state index is 11.8. The van der Waals surface area contributed by atoms with Crippen molar-refractivity contribution in [3.8, 4) is 10.4 Å². The quantitative estimate of drug-likeness (QED) is 0.591. The first kappa shape index (κ1) is 25.0. The van der Waals surface area contributed by atoms with Crippen molar-refractivity contribution in [2.45, 2.75) is 65.3 Å². The van der Waals surface area contributed by atoms with E-state index in [9.17, 15) is 14.7 Å². The van der Waals surface area contributed by atoms with Crippen molar-refractivity contribution < 1.29 is 14.7 Å². The Labute approximate surface area is 188 Å². The molecule has 1 saturated heterocycles. The molecule has 1 fully saturated rings. The smallest absolute Gasteiger partial charge is 0.240 e. The molecular weight excluding hydrogens is 412 g/mol. The van der Waals surface area contributed by atoms with Crippen LogP contribution in [0.3, 0.4) is 0 Å². The Kier molecular flexibility index (Phi) is 9.15. The number of aliphatic hydroxyl groups excluding tert-OH is 1. The van der Waals surface area contributed by atoms with Crippen LogP contribution in [0.2, 0.25) is 0 Å². The largest absolute Gasteiger partial charge is 0.391 e. The minimum atomic E-state index is -0.442. The van der Waals surface area contributed by atoms with Crippen molar-refractivity contribution in [3.05, 3.63) is 41.0 Å². The molecule has 170 valence electrons. The molecule has 1 aromatic carbocycles. The lowest BCUT2D eigenvalue weighted by atomic mass is 10.0. The molecule has 1 aromatic heterocycles. The monoisotopic (exact) mass is 446 g/mol. The van der Waals surface area contributed by atoms with Gasteiger partial charge in [0.15, 0.2) is 0 Å². The van der Waals surface area contributed by atoms with E-state index in [1.807, 2.05) is 52.3 Å². The van der Waals surface area contributed by atoms with Crippen LogP contribution in [0.5, 0.6) is 0 Å². The average Bonchev–Trinajstić information content (AvgIpc) is 3.31. The van der Waals surface area contributed by atoms with Gasteiger partial charge in [-0.2, -0.15) is 0 Å². The Balaban J connectivity index is 0.000000225. The molecule has 2 amide bonds. The second-order valence-electron chi connectivity index (χ2n) is 8.39. The van der Waals surface area contributed by atoms with Crippen molar-refractivity contribution in [3.63, 3.8) is 0 Å². The molecule has 8 heteroatoms. The van der Waals surface area contributed by atoms with E-state index in [-0.39, 0.29) is 30.0 Å². The van der Waals surface area contributed by atoms with Gasteiger partial charge >= 0.3 is 0 Å². The molecule has 2 aromatic rings. The van der Waals surface area contributed by atoms with Gasteiger partial charge in [0.25, 0.3) is 0 Å². The molecular formula is C23H34N4O3S. The number of amides is 2. The Bertz CT molecular complexity index is 853. The molecule has 2 heterocycles. The summed E-state index contributed by atoms with van der Waals surface area (Å²) in [4.78, 5) is 29.3. The zero-order chi connectivity index (χ0) is 23.1. The molecule has 0 radical (unpaired) electrons. The Hall–Kier alpha value is -2.29. The molecule has 0 saturated carbocycles. The van der Waals surface area contributed by atoms with Crippen molar-refractivity contribution in [2.75, 3.05) is 6.54 Å². The molecule has 1 aliphatic rings. The van der Waals surface area contributed by atoms with Gasteiger partial charge in [-0.1, -0.05) is 38.1 Å². The standard InChI is InChI=1S/C13H14N2OS.C10H20N2O2/c1-9(14-7-16)11-3-5-12(6-4-11)13-10(2)15-8-17-13;1-6(2)9(11)10(14)12-5-8(13)4-7(12)3/h3-9H,1-2H3,(H,14,16);6-9,13H,4-5,11H2,1-3H3. The van der Waals surface area contributed by atoms with Gasteiger partial charge in [-0.15, -0.1) is 11.3 Å². The van der Waals surface area contributed by atoms with Crippen LogP contribution in [0, 0.1) is 12.8 Å². The molecule has 4 atom stereocenters. The maximum absolute atomic E-state index is 11.8. The number of aliphatic hydroxyl groups is 1. The summed E-state index contributed by atoms with van der Waals surface area (Å²) in [6.45, 7) is 10.2. The summed E-state index contributed by atoms with van der Waals surface area (Å²) in [6, 6.07) is 7.93. The summed E-state index contributed by atoms with van der Waals surface area (Å²) in [7, 11) is 0. The number of nitrogens with two attached hydrogens (primary N) is 1. The summed E-state index contributed by atoms with van der Waals surface area (Å²) in [5.41, 5.74) is 11.0. The van der Waals surface area contributed by atoms with Crippen LogP contribution >= 0.6 is 11.3 Å². The first-order valence-electron chi connectivity index (χ1n) is 10.6. The number of nitrogens with one attached hydrogen (secondary N) is 1. The third kappa shape index (κ3) is 6.59. The van der Waals surface area contributed by atoms with Crippen LogP contribution in [0.1, 0.15) is 51.4 Å². The summed E-state index contributed by atoms with van der Waals surface area (Å²) >= 11 is 1.64. The molecule has 0 spiro atoms. The molecule has 4 N–H and O–H groups in total. The topological polar surface area (TPSA) is 109 Å². The fourth-order valence-corrected chi connectivity index (χ4v) is 4.30. The minimum Gasteiger partial charge on any atom is -0.391 e. The Morgan fingerprint density at radius 3 is 2.42 bits per heavy atom. The first-order chi connectivity index (χ1) is 14.6. The number of aromatic nitrogens is 1. The number of hydrogen-bond acceptors (Lipinski definition) is 6. The highest BCUT2D eigenvalue weighted by Gasteiger charge is 2.34. The molecule has 4 unspecified atom stereocenters. The van der Waals surface area contributed by atoms with E-state index in [0.717, 1.165) is 17.7 Å². The fourth-order valence-electron chi connectivity index (χ4n) is 3.49. The molecule has 7 nitrogen and oxygen atoms in total. The summed E-state index contributed by atoms with van der Waals surface area (Å²) in [5, 5.41) is 12.1. The van der Waals surface area contributed by atoms with Gasteiger partial charge in [0, 0.05) is 12.6 Å². The van der Waals surface area contributed by atoms with Crippen LogP contribution in [-0.4, -0.2) is 52.0 Å².